The molecule has 1 atom stereocenters. The molecule has 39 heavy (non-hydrogen) atoms. The lowest BCUT2D eigenvalue weighted by atomic mass is 9.90. The Morgan fingerprint density at radius 3 is 2.28 bits per heavy atom. The van der Waals surface area contributed by atoms with Gasteiger partial charge in [0.1, 0.15) is 0 Å². The van der Waals surface area contributed by atoms with Crippen LogP contribution in [0.15, 0.2) is 47.4 Å². The summed E-state index contributed by atoms with van der Waals surface area (Å²) in [4.78, 5) is 21.8. The number of nitrogens with one attached hydrogen (secondary N) is 1. The van der Waals surface area contributed by atoms with Crippen molar-refractivity contribution in [3.8, 4) is 17.2 Å². The lowest BCUT2D eigenvalue weighted by molar-refractivity contribution is -0.192. The first kappa shape index (κ1) is 30.0. The molecule has 2 heterocycles. The number of alkyl halides is 3. The SMILES string of the molecule is CN1Cc2cc(-c3ccc([C@H](C#N)CNC(=O)C4(N)CCOCC4)cc3)ccc2S1(=O)=O.O=C(O)C(F)(F)F. The number of halogens is 3. The van der Waals surface area contributed by atoms with E-state index in [9.17, 15) is 31.6 Å². The van der Waals surface area contributed by atoms with Crippen molar-refractivity contribution in [1.29, 1.82) is 5.26 Å². The topological polar surface area (TPSA) is 163 Å². The molecule has 0 aromatic heterocycles. The lowest BCUT2D eigenvalue weighted by Gasteiger charge is -2.32. The fourth-order valence-corrected chi connectivity index (χ4v) is 5.45. The molecule has 2 aliphatic rings. The number of amides is 1. The van der Waals surface area contributed by atoms with Crippen LogP contribution in [0.5, 0.6) is 0 Å². The molecule has 0 aliphatic carbocycles. The summed E-state index contributed by atoms with van der Waals surface area (Å²) in [6, 6.07) is 15.1. The fourth-order valence-electron chi connectivity index (χ4n) is 4.11. The molecule has 4 N–H and O–H groups in total. The monoisotopic (exact) mass is 568 g/mol. The highest BCUT2D eigenvalue weighted by atomic mass is 32.2. The molecule has 0 unspecified atom stereocenters. The number of sulfonamides is 1. The van der Waals surface area contributed by atoms with Crippen LogP contribution < -0.4 is 11.1 Å². The Hall–Kier alpha value is -3.51. The number of carboxylic acid groups (broad SMARTS) is 1. The van der Waals surface area contributed by atoms with Crippen LogP contribution in [0.25, 0.3) is 11.1 Å². The predicted molar refractivity (Wildman–Crippen MR) is 133 cm³/mol. The van der Waals surface area contributed by atoms with Gasteiger partial charge in [-0.15, -0.1) is 0 Å². The van der Waals surface area contributed by atoms with Gasteiger partial charge in [-0.1, -0.05) is 30.3 Å². The summed E-state index contributed by atoms with van der Waals surface area (Å²) in [7, 11) is -1.82. The van der Waals surface area contributed by atoms with Crippen LogP contribution in [-0.2, 0) is 30.9 Å². The number of hydrogen-bond acceptors (Lipinski definition) is 7. The second kappa shape index (κ2) is 11.7. The molecule has 1 fully saturated rings. The summed E-state index contributed by atoms with van der Waals surface area (Å²) in [5.74, 6) is -3.52. The van der Waals surface area contributed by atoms with Crippen molar-refractivity contribution in [2.24, 2.45) is 5.73 Å². The average molecular weight is 569 g/mol. The highest BCUT2D eigenvalue weighted by Crippen LogP contribution is 2.33. The van der Waals surface area contributed by atoms with Crippen LogP contribution in [0, 0.1) is 11.3 Å². The maximum absolute atomic E-state index is 12.5. The standard InChI is InChI=1S/C23H26N4O4S.C2HF3O2/c1-27-15-19-12-18(6-7-21(19)32(27,29)30)16-2-4-17(5-3-16)20(13-24)14-26-22(28)23(25)8-10-31-11-9-23;3-2(4,5)1(6)7/h2-7,12,20H,8-11,14-15,25H2,1H3,(H,26,28);(H,6,7)/t20-;/m1./s1. The van der Waals surface area contributed by atoms with Crippen molar-refractivity contribution >= 4 is 21.9 Å². The van der Waals surface area contributed by atoms with Crippen LogP contribution in [-0.4, -0.2) is 68.2 Å². The minimum absolute atomic E-state index is 0.178. The number of nitrogens with zero attached hydrogens (tertiary/aromatic N) is 2. The molecule has 2 aromatic carbocycles. The van der Waals surface area contributed by atoms with E-state index in [4.69, 9.17) is 20.4 Å². The van der Waals surface area contributed by atoms with E-state index in [0.717, 1.165) is 22.3 Å². The second-order valence-corrected chi connectivity index (χ2v) is 11.2. The Labute approximate surface area is 223 Å². The molecule has 1 saturated heterocycles. The Balaban J connectivity index is 0.000000532. The molecule has 210 valence electrons. The number of rotatable bonds is 5. The number of hydrogen-bond donors (Lipinski definition) is 3. The first-order valence-electron chi connectivity index (χ1n) is 11.7. The third-order valence-corrected chi connectivity index (χ3v) is 8.39. The van der Waals surface area contributed by atoms with Gasteiger partial charge in [0.25, 0.3) is 0 Å². The third kappa shape index (κ3) is 6.93. The normalized spacial score (nSPS) is 18.6. The smallest absolute Gasteiger partial charge is 0.475 e. The van der Waals surface area contributed by atoms with Gasteiger partial charge in [-0.2, -0.15) is 22.7 Å². The van der Waals surface area contributed by atoms with Gasteiger partial charge in [-0.05, 0) is 47.2 Å². The summed E-state index contributed by atoms with van der Waals surface area (Å²) in [6.07, 6.45) is -4.16. The number of nitrogens with two attached hydrogens (primary N) is 1. The maximum atomic E-state index is 12.5. The number of fused-ring (bicyclic) bond motifs is 1. The van der Waals surface area contributed by atoms with Gasteiger partial charge in [-0.25, -0.2) is 13.2 Å². The number of nitriles is 1. The summed E-state index contributed by atoms with van der Waals surface area (Å²) >= 11 is 0. The highest BCUT2D eigenvalue weighted by Gasteiger charge is 2.38. The minimum atomic E-state index is -5.08. The molecular formula is C25H27F3N4O6S. The summed E-state index contributed by atoms with van der Waals surface area (Å²) in [5, 5.41) is 19.6. The molecule has 14 heteroatoms. The Morgan fingerprint density at radius 1 is 1.18 bits per heavy atom. The number of carbonyl (C=O) groups is 2. The van der Waals surface area contributed by atoms with E-state index in [0.29, 0.717) is 37.5 Å². The zero-order valence-electron chi connectivity index (χ0n) is 20.9. The minimum Gasteiger partial charge on any atom is -0.475 e. The Bertz CT molecular complexity index is 1370. The van der Waals surface area contributed by atoms with Crippen LogP contribution in [0.3, 0.4) is 0 Å². The van der Waals surface area contributed by atoms with Crippen molar-refractivity contribution in [3.63, 3.8) is 0 Å². The first-order chi connectivity index (χ1) is 18.2. The third-order valence-electron chi connectivity index (χ3n) is 6.49. The van der Waals surface area contributed by atoms with E-state index in [1.54, 1.807) is 19.2 Å². The number of carbonyl (C=O) groups excluding carboxylic acids is 1. The quantitative estimate of drug-likeness (QED) is 0.495. The molecule has 0 spiro atoms. The van der Waals surface area contributed by atoms with E-state index in [-0.39, 0.29) is 12.5 Å². The molecule has 1 amide bonds. The molecular weight excluding hydrogens is 541 g/mol. The van der Waals surface area contributed by atoms with Crippen molar-refractivity contribution in [2.75, 3.05) is 26.8 Å². The zero-order valence-corrected chi connectivity index (χ0v) is 21.7. The van der Waals surface area contributed by atoms with Gasteiger partial charge < -0.3 is 20.9 Å². The van der Waals surface area contributed by atoms with Gasteiger partial charge in [-0.3, -0.25) is 4.79 Å². The maximum Gasteiger partial charge on any atom is 0.490 e. The fraction of sp³-hybridized carbons (Fsp3) is 0.400. The van der Waals surface area contributed by atoms with Crippen molar-refractivity contribution in [1.82, 2.24) is 9.62 Å². The number of aliphatic carboxylic acids is 1. The van der Waals surface area contributed by atoms with E-state index in [1.165, 1.54) is 4.31 Å². The van der Waals surface area contributed by atoms with Gasteiger partial charge >= 0.3 is 12.1 Å². The summed E-state index contributed by atoms with van der Waals surface area (Å²) in [5.41, 5.74) is 8.65. The highest BCUT2D eigenvalue weighted by molar-refractivity contribution is 7.89. The summed E-state index contributed by atoms with van der Waals surface area (Å²) < 4.78 is 62.9. The number of benzene rings is 2. The molecule has 10 nitrogen and oxygen atoms in total. The van der Waals surface area contributed by atoms with Crippen LogP contribution in [0.1, 0.15) is 29.9 Å². The predicted octanol–water partition coefficient (Wildman–Crippen LogP) is 2.35. The van der Waals surface area contributed by atoms with E-state index < -0.39 is 33.6 Å². The van der Waals surface area contributed by atoms with Crippen molar-refractivity contribution < 1.29 is 41.0 Å². The van der Waals surface area contributed by atoms with Crippen molar-refractivity contribution in [3.05, 3.63) is 53.6 Å². The van der Waals surface area contributed by atoms with Gasteiger partial charge in [0.15, 0.2) is 0 Å². The van der Waals surface area contributed by atoms with E-state index in [2.05, 4.69) is 11.4 Å². The zero-order chi connectivity index (χ0) is 29.0. The average Bonchev–Trinajstić information content (AvgIpc) is 3.12. The lowest BCUT2D eigenvalue weighted by Crippen LogP contribution is -2.57. The van der Waals surface area contributed by atoms with Crippen molar-refractivity contribution in [2.45, 2.75) is 41.9 Å². The van der Waals surface area contributed by atoms with Gasteiger partial charge in [0.2, 0.25) is 15.9 Å². The van der Waals surface area contributed by atoms with Crippen LogP contribution in [0.4, 0.5) is 13.2 Å². The molecule has 2 aliphatic heterocycles. The molecule has 0 bridgehead atoms. The largest absolute Gasteiger partial charge is 0.490 e. The van der Waals surface area contributed by atoms with Gasteiger partial charge in [0.05, 0.1) is 22.4 Å². The number of ether oxygens (including phenoxy) is 1. The molecule has 0 saturated carbocycles. The van der Waals surface area contributed by atoms with E-state index in [1.807, 2.05) is 30.3 Å². The van der Waals surface area contributed by atoms with Crippen LogP contribution in [0.2, 0.25) is 0 Å². The molecule has 4 rings (SSSR count). The first-order valence-corrected chi connectivity index (χ1v) is 13.2. The van der Waals surface area contributed by atoms with E-state index >= 15 is 0 Å². The Morgan fingerprint density at radius 2 is 1.74 bits per heavy atom. The molecule has 0 radical (unpaired) electrons. The van der Waals surface area contributed by atoms with Crippen LogP contribution >= 0.6 is 0 Å². The second-order valence-electron chi connectivity index (χ2n) is 9.17. The number of carboxylic acids is 1. The molecule has 2 aromatic rings. The summed E-state index contributed by atoms with van der Waals surface area (Å²) in [6.45, 7) is 1.45. The Kier molecular flexibility index (Phi) is 9.01. The van der Waals surface area contributed by atoms with Gasteiger partial charge in [0, 0.05) is 33.4 Å².